The average Bonchev–Trinajstić information content (AvgIpc) is 2.38. The van der Waals surface area contributed by atoms with Crippen LogP contribution in [0.1, 0.15) is 5.56 Å². The minimum Gasteiger partial charge on any atom is -0.508 e. The van der Waals surface area contributed by atoms with Crippen LogP contribution in [0.4, 0.5) is 4.39 Å². The van der Waals surface area contributed by atoms with Gasteiger partial charge < -0.3 is 10.4 Å². The second-order valence-corrected chi connectivity index (χ2v) is 5.32. The van der Waals surface area contributed by atoms with Gasteiger partial charge in [-0.1, -0.05) is 18.2 Å². The zero-order valence-corrected chi connectivity index (χ0v) is 11.3. The molecule has 4 heteroatoms. The Bertz CT molecular complexity index is 499. The molecule has 0 unspecified atom stereocenters. The Hall–Kier alpha value is -1.52. The SMILES string of the molecule is Oc1cc(F)cc(CNCCSc2ccccc2)c1. The standard InChI is InChI=1S/C15H16FNOS/c16-13-8-12(9-14(18)10-13)11-17-6-7-19-15-4-2-1-3-5-15/h1-5,8-10,17-18H,6-7,11H2. The fraction of sp³-hybridized carbons (Fsp3) is 0.200. The van der Waals surface area contributed by atoms with Crippen molar-refractivity contribution in [1.82, 2.24) is 5.32 Å². The molecule has 0 aliphatic carbocycles. The molecule has 100 valence electrons. The van der Waals surface area contributed by atoms with Crippen LogP contribution < -0.4 is 5.32 Å². The molecule has 0 saturated carbocycles. The number of phenolic OH excluding ortho intramolecular Hbond substituents is 1. The Morgan fingerprint density at radius 1 is 1.11 bits per heavy atom. The third-order valence-corrected chi connectivity index (χ3v) is 3.58. The maximum absolute atomic E-state index is 13.0. The predicted octanol–water partition coefficient (Wildman–Crippen LogP) is 3.41. The number of aromatic hydroxyl groups is 1. The third kappa shape index (κ3) is 4.93. The summed E-state index contributed by atoms with van der Waals surface area (Å²) in [5.74, 6) is 0.511. The summed E-state index contributed by atoms with van der Waals surface area (Å²) in [4.78, 5) is 1.24. The molecule has 0 heterocycles. The highest BCUT2D eigenvalue weighted by molar-refractivity contribution is 7.99. The van der Waals surface area contributed by atoms with Crippen molar-refractivity contribution in [3.63, 3.8) is 0 Å². The van der Waals surface area contributed by atoms with E-state index in [4.69, 9.17) is 0 Å². The Labute approximate surface area is 116 Å². The fourth-order valence-electron chi connectivity index (χ4n) is 1.73. The van der Waals surface area contributed by atoms with E-state index in [0.29, 0.717) is 6.54 Å². The van der Waals surface area contributed by atoms with Gasteiger partial charge in [0.15, 0.2) is 0 Å². The van der Waals surface area contributed by atoms with E-state index in [1.54, 1.807) is 17.8 Å². The van der Waals surface area contributed by atoms with Gasteiger partial charge in [-0.2, -0.15) is 0 Å². The first-order valence-corrected chi connectivity index (χ1v) is 7.09. The zero-order chi connectivity index (χ0) is 13.5. The van der Waals surface area contributed by atoms with Crippen molar-refractivity contribution in [2.75, 3.05) is 12.3 Å². The number of nitrogens with one attached hydrogen (secondary N) is 1. The lowest BCUT2D eigenvalue weighted by Crippen LogP contribution is -2.16. The van der Waals surface area contributed by atoms with Gasteiger partial charge in [-0.15, -0.1) is 11.8 Å². The first-order chi connectivity index (χ1) is 9.24. The molecule has 0 spiro atoms. The number of thioether (sulfide) groups is 1. The first-order valence-electron chi connectivity index (χ1n) is 6.11. The van der Waals surface area contributed by atoms with E-state index in [1.165, 1.54) is 11.0 Å². The van der Waals surface area contributed by atoms with Crippen molar-refractivity contribution in [2.24, 2.45) is 0 Å². The molecule has 0 saturated heterocycles. The second kappa shape index (κ2) is 7.16. The quantitative estimate of drug-likeness (QED) is 0.627. The number of phenols is 1. The second-order valence-electron chi connectivity index (χ2n) is 4.16. The average molecular weight is 277 g/mol. The van der Waals surface area contributed by atoms with Crippen LogP contribution >= 0.6 is 11.8 Å². The van der Waals surface area contributed by atoms with Crippen molar-refractivity contribution in [3.05, 3.63) is 59.9 Å². The van der Waals surface area contributed by atoms with Crippen molar-refractivity contribution >= 4 is 11.8 Å². The maximum Gasteiger partial charge on any atom is 0.127 e. The van der Waals surface area contributed by atoms with Gasteiger partial charge in [-0.3, -0.25) is 0 Å². The number of halogens is 1. The summed E-state index contributed by atoms with van der Waals surface area (Å²) < 4.78 is 13.0. The minimum atomic E-state index is -0.407. The molecule has 0 bridgehead atoms. The van der Waals surface area contributed by atoms with E-state index in [0.717, 1.165) is 23.9 Å². The van der Waals surface area contributed by atoms with E-state index < -0.39 is 5.82 Å². The monoisotopic (exact) mass is 277 g/mol. The number of benzene rings is 2. The van der Waals surface area contributed by atoms with Gasteiger partial charge in [0.05, 0.1) is 0 Å². The highest BCUT2D eigenvalue weighted by Crippen LogP contribution is 2.16. The molecular formula is C15H16FNOS. The zero-order valence-electron chi connectivity index (χ0n) is 10.5. The van der Waals surface area contributed by atoms with Crippen LogP contribution in [0.15, 0.2) is 53.4 Å². The van der Waals surface area contributed by atoms with Crippen LogP contribution in [-0.4, -0.2) is 17.4 Å². The van der Waals surface area contributed by atoms with Crippen LogP contribution in [0.25, 0.3) is 0 Å². The summed E-state index contributed by atoms with van der Waals surface area (Å²) in [5, 5.41) is 12.5. The van der Waals surface area contributed by atoms with Gasteiger partial charge in [0.2, 0.25) is 0 Å². The van der Waals surface area contributed by atoms with Gasteiger partial charge in [0.1, 0.15) is 11.6 Å². The molecule has 19 heavy (non-hydrogen) atoms. The van der Waals surface area contributed by atoms with Crippen LogP contribution in [0, 0.1) is 5.82 Å². The van der Waals surface area contributed by atoms with Gasteiger partial charge in [-0.25, -0.2) is 4.39 Å². The number of rotatable bonds is 6. The lowest BCUT2D eigenvalue weighted by Gasteiger charge is -2.06. The van der Waals surface area contributed by atoms with Crippen molar-refractivity contribution in [2.45, 2.75) is 11.4 Å². The molecule has 0 aromatic heterocycles. The van der Waals surface area contributed by atoms with Gasteiger partial charge >= 0.3 is 0 Å². The summed E-state index contributed by atoms with van der Waals surface area (Å²) in [7, 11) is 0. The molecule has 0 fully saturated rings. The van der Waals surface area contributed by atoms with Crippen LogP contribution in [0.3, 0.4) is 0 Å². The van der Waals surface area contributed by atoms with E-state index in [9.17, 15) is 9.50 Å². The van der Waals surface area contributed by atoms with E-state index >= 15 is 0 Å². The lowest BCUT2D eigenvalue weighted by atomic mass is 10.2. The van der Waals surface area contributed by atoms with Crippen molar-refractivity contribution in [3.8, 4) is 5.75 Å². The Morgan fingerprint density at radius 2 is 1.89 bits per heavy atom. The molecule has 0 radical (unpaired) electrons. The van der Waals surface area contributed by atoms with Gasteiger partial charge in [0.25, 0.3) is 0 Å². The highest BCUT2D eigenvalue weighted by Gasteiger charge is 1.99. The third-order valence-electron chi connectivity index (χ3n) is 2.56. The molecule has 2 nitrogen and oxygen atoms in total. The van der Waals surface area contributed by atoms with Crippen LogP contribution in [0.5, 0.6) is 5.75 Å². The molecule has 2 aromatic rings. The summed E-state index contributed by atoms with van der Waals surface area (Å²) >= 11 is 1.78. The molecule has 0 atom stereocenters. The van der Waals surface area contributed by atoms with E-state index in [2.05, 4.69) is 17.4 Å². The molecular weight excluding hydrogens is 261 g/mol. The smallest absolute Gasteiger partial charge is 0.127 e. The van der Waals surface area contributed by atoms with Gasteiger partial charge in [0, 0.05) is 29.8 Å². The normalized spacial score (nSPS) is 10.6. The largest absolute Gasteiger partial charge is 0.508 e. The van der Waals surface area contributed by atoms with E-state index in [1.807, 2.05) is 18.2 Å². The highest BCUT2D eigenvalue weighted by atomic mass is 32.2. The molecule has 2 N–H and O–H groups in total. The fourth-order valence-corrected chi connectivity index (χ4v) is 2.56. The summed E-state index contributed by atoms with van der Waals surface area (Å²) in [6.07, 6.45) is 0. The van der Waals surface area contributed by atoms with Crippen molar-refractivity contribution in [1.29, 1.82) is 0 Å². The summed E-state index contributed by atoms with van der Waals surface area (Å²) in [5.41, 5.74) is 0.752. The van der Waals surface area contributed by atoms with Crippen molar-refractivity contribution < 1.29 is 9.50 Å². The molecule has 2 rings (SSSR count). The maximum atomic E-state index is 13.0. The Kier molecular flexibility index (Phi) is 5.24. The van der Waals surface area contributed by atoms with Gasteiger partial charge in [-0.05, 0) is 29.8 Å². The number of hydrogen-bond donors (Lipinski definition) is 2. The lowest BCUT2D eigenvalue weighted by molar-refractivity contribution is 0.467. The molecule has 0 amide bonds. The molecule has 0 aliphatic rings. The molecule has 0 aliphatic heterocycles. The predicted molar refractivity (Wildman–Crippen MR) is 76.9 cm³/mol. The Balaban J connectivity index is 1.69. The van der Waals surface area contributed by atoms with Crippen LogP contribution in [-0.2, 0) is 6.54 Å². The number of hydrogen-bond acceptors (Lipinski definition) is 3. The van der Waals surface area contributed by atoms with E-state index in [-0.39, 0.29) is 5.75 Å². The molecule has 2 aromatic carbocycles. The summed E-state index contributed by atoms with van der Waals surface area (Å²) in [6, 6.07) is 14.3. The topological polar surface area (TPSA) is 32.3 Å². The minimum absolute atomic E-state index is 0.0320. The first kappa shape index (κ1) is 13.9. The Morgan fingerprint density at radius 3 is 2.63 bits per heavy atom. The van der Waals surface area contributed by atoms with Crippen LogP contribution in [0.2, 0.25) is 0 Å². The summed E-state index contributed by atoms with van der Waals surface area (Å²) in [6.45, 7) is 1.39.